The number of pyridine rings is 1. The number of hydrogen-bond acceptors (Lipinski definition) is 4. The Kier molecular flexibility index (Phi) is 4.63. The minimum Gasteiger partial charge on any atom is -0.480 e. The molecule has 3 rings (SSSR count). The smallest absolute Gasteiger partial charge is 0.419 e. The number of nitrogens with one attached hydrogen (secondary N) is 2. The van der Waals surface area contributed by atoms with Crippen LogP contribution >= 0.6 is 0 Å². The third kappa shape index (κ3) is 3.31. The summed E-state index contributed by atoms with van der Waals surface area (Å²) in [4.78, 5) is 38.8. The van der Waals surface area contributed by atoms with Crippen LogP contribution in [0, 0.1) is 5.82 Å². The van der Waals surface area contributed by atoms with E-state index in [1.807, 2.05) is 5.32 Å². The standard InChI is InChI=1S/C16H10F4N4O4/c17-13-7(2-1-3-8(13)16(18,19)20)9-4-10(25)12(14-22-6-23-24(9)14)15(28)21-5-11(26)27/h1-4,6H,5H2,(H,21,28)(H,22,23)(H,26,27). The van der Waals surface area contributed by atoms with Crippen LogP contribution in [-0.2, 0) is 11.0 Å². The van der Waals surface area contributed by atoms with Crippen LogP contribution in [0.4, 0.5) is 17.6 Å². The Bertz CT molecular complexity index is 1150. The molecule has 0 unspecified atom stereocenters. The number of amides is 1. The number of nitrogens with zero attached hydrogens (tertiary/aromatic N) is 2. The maximum Gasteiger partial charge on any atom is 0.419 e. The molecule has 2 aromatic heterocycles. The average Bonchev–Trinajstić information content (AvgIpc) is 3.07. The van der Waals surface area contributed by atoms with Gasteiger partial charge in [0.05, 0.1) is 11.3 Å². The molecule has 2 heterocycles. The van der Waals surface area contributed by atoms with E-state index in [4.69, 9.17) is 5.11 Å². The molecular weight excluding hydrogens is 388 g/mol. The zero-order valence-electron chi connectivity index (χ0n) is 13.7. The van der Waals surface area contributed by atoms with Crippen molar-refractivity contribution in [2.45, 2.75) is 6.18 Å². The molecule has 146 valence electrons. The highest BCUT2D eigenvalue weighted by molar-refractivity contribution is 6.01. The minimum atomic E-state index is -4.95. The van der Waals surface area contributed by atoms with Gasteiger partial charge in [-0.05, 0) is 12.1 Å². The van der Waals surface area contributed by atoms with Crippen molar-refractivity contribution in [3.63, 3.8) is 0 Å². The maximum absolute atomic E-state index is 14.5. The Hall–Kier alpha value is -3.70. The monoisotopic (exact) mass is 398 g/mol. The number of benzene rings is 1. The predicted octanol–water partition coefficient (Wildman–Crippen LogP) is 1.66. The second-order valence-electron chi connectivity index (χ2n) is 5.56. The van der Waals surface area contributed by atoms with Crippen molar-refractivity contribution in [1.82, 2.24) is 19.9 Å². The molecule has 3 aromatic rings. The molecule has 12 heteroatoms. The number of alkyl halides is 3. The number of aromatic nitrogens is 3. The highest BCUT2D eigenvalue weighted by Crippen LogP contribution is 2.35. The number of fused-ring (bicyclic) bond motifs is 1. The number of aromatic amines is 1. The Morgan fingerprint density at radius 1 is 1.29 bits per heavy atom. The van der Waals surface area contributed by atoms with Gasteiger partial charge in [-0.2, -0.15) is 13.2 Å². The number of halogens is 4. The predicted molar refractivity (Wildman–Crippen MR) is 86.2 cm³/mol. The van der Waals surface area contributed by atoms with Crippen LogP contribution in [0.3, 0.4) is 0 Å². The first-order chi connectivity index (χ1) is 13.1. The van der Waals surface area contributed by atoms with E-state index in [0.29, 0.717) is 6.07 Å². The molecule has 28 heavy (non-hydrogen) atoms. The van der Waals surface area contributed by atoms with Crippen LogP contribution in [0.2, 0.25) is 0 Å². The minimum absolute atomic E-state index is 0.295. The summed E-state index contributed by atoms with van der Waals surface area (Å²) in [5.41, 5.74) is -4.17. The van der Waals surface area contributed by atoms with Gasteiger partial charge < -0.3 is 10.4 Å². The fourth-order valence-electron chi connectivity index (χ4n) is 2.60. The van der Waals surface area contributed by atoms with Crippen LogP contribution in [0.5, 0.6) is 0 Å². The van der Waals surface area contributed by atoms with Gasteiger partial charge in [-0.15, -0.1) is 0 Å². The lowest BCUT2D eigenvalue weighted by Crippen LogP contribution is -2.33. The summed E-state index contributed by atoms with van der Waals surface area (Å²) in [7, 11) is 0. The third-order valence-corrected chi connectivity index (χ3v) is 3.77. The number of hydrogen-bond donors (Lipinski definition) is 3. The Labute approximate surface area is 152 Å². The van der Waals surface area contributed by atoms with Crippen molar-refractivity contribution < 1.29 is 32.3 Å². The van der Waals surface area contributed by atoms with Crippen molar-refractivity contribution >= 4 is 17.5 Å². The summed E-state index contributed by atoms with van der Waals surface area (Å²) < 4.78 is 54.3. The van der Waals surface area contributed by atoms with Gasteiger partial charge in [0.2, 0.25) is 0 Å². The van der Waals surface area contributed by atoms with E-state index in [1.165, 1.54) is 0 Å². The zero-order valence-corrected chi connectivity index (χ0v) is 13.7. The molecule has 0 bridgehead atoms. The molecule has 0 aliphatic rings. The fourth-order valence-corrected chi connectivity index (χ4v) is 2.60. The quantitative estimate of drug-likeness (QED) is 0.578. The molecular formula is C16H10F4N4O4. The molecule has 0 saturated carbocycles. The average molecular weight is 398 g/mol. The number of rotatable bonds is 4. The summed E-state index contributed by atoms with van der Waals surface area (Å²) in [6.07, 6.45) is -3.91. The SMILES string of the molecule is O=C(O)CNC(=O)c1c(=O)cc(-c2cccc(C(F)(F)F)c2F)n2[nH]cnc12. The van der Waals surface area contributed by atoms with Crippen molar-refractivity contribution in [2.24, 2.45) is 0 Å². The van der Waals surface area contributed by atoms with E-state index < -0.39 is 52.5 Å². The normalized spacial score (nSPS) is 11.6. The summed E-state index contributed by atoms with van der Waals surface area (Å²) in [5, 5.41) is 13.1. The lowest BCUT2D eigenvalue weighted by Gasteiger charge is -2.13. The Morgan fingerprint density at radius 2 is 2.00 bits per heavy atom. The zero-order chi connectivity index (χ0) is 20.6. The van der Waals surface area contributed by atoms with E-state index >= 15 is 0 Å². The number of H-pyrrole nitrogens is 1. The topological polar surface area (TPSA) is 117 Å². The fraction of sp³-hybridized carbons (Fsp3) is 0.125. The molecule has 0 radical (unpaired) electrons. The van der Waals surface area contributed by atoms with E-state index in [9.17, 15) is 31.9 Å². The molecule has 0 aliphatic carbocycles. The van der Waals surface area contributed by atoms with E-state index in [1.54, 1.807) is 0 Å². The van der Waals surface area contributed by atoms with Crippen molar-refractivity contribution in [2.75, 3.05) is 6.54 Å². The largest absolute Gasteiger partial charge is 0.480 e. The Morgan fingerprint density at radius 3 is 2.64 bits per heavy atom. The second-order valence-corrected chi connectivity index (χ2v) is 5.56. The van der Waals surface area contributed by atoms with Gasteiger partial charge >= 0.3 is 12.1 Å². The molecule has 0 spiro atoms. The van der Waals surface area contributed by atoms with E-state index in [-0.39, 0.29) is 11.3 Å². The van der Waals surface area contributed by atoms with E-state index in [2.05, 4.69) is 10.1 Å². The van der Waals surface area contributed by atoms with Crippen molar-refractivity contribution in [3.05, 3.63) is 57.8 Å². The first-order valence-electron chi connectivity index (χ1n) is 7.56. The van der Waals surface area contributed by atoms with Crippen LogP contribution < -0.4 is 10.7 Å². The van der Waals surface area contributed by atoms with Crippen LogP contribution in [-0.4, -0.2) is 38.1 Å². The summed E-state index contributed by atoms with van der Waals surface area (Å²) >= 11 is 0. The number of carbonyl (C=O) groups excluding carboxylic acids is 1. The lowest BCUT2D eigenvalue weighted by molar-refractivity contribution is -0.140. The van der Waals surface area contributed by atoms with Crippen LogP contribution in [0.25, 0.3) is 16.9 Å². The summed E-state index contributed by atoms with van der Waals surface area (Å²) in [6, 6.07) is 3.33. The van der Waals surface area contributed by atoms with Crippen LogP contribution in [0.1, 0.15) is 15.9 Å². The van der Waals surface area contributed by atoms with Gasteiger partial charge in [0.1, 0.15) is 24.3 Å². The summed E-state index contributed by atoms with van der Waals surface area (Å²) in [6.45, 7) is -0.765. The van der Waals surface area contributed by atoms with Crippen molar-refractivity contribution in [1.29, 1.82) is 0 Å². The Balaban J connectivity index is 2.21. The lowest BCUT2D eigenvalue weighted by atomic mass is 10.0. The first kappa shape index (κ1) is 19.1. The first-order valence-corrected chi connectivity index (χ1v) is 7.56. The maximum atomic E-state index is 14.5. The molecule has 1 aromatic carbocycles. The molecule has 8 nitrogen and oxygen atoms in total. The third-order valence-electron chi connectivity index (χ3n) is 3.77. The molecule has 1 amide bonds. The molecule has 0 atom stereocenters. The number of carboxylic acid groups (broad SMARTS) is 1. The van der Waals surface area contributed by atoms with Gasteiger partial charge in [0.15, 0.2) is 11.1 Å². The highest BCUT2D eigenvalue weighted by Gasteiger charge is 2.35. The van der Waals surface area contributed by atoms with Gasteiger partial charge in [0, 0.05) is 11.6 Å². The van der Waals surface area contributed by atoms with Crippen molar-refractivity contribution in [3.8, 4) is 11.3 Å². The highest BCUT2D eigenvalue weighted by atomic mass is 19.4. The van der Waals surface area contributed by atoms with Gasteiger partial charge in [0.25, 0.3) is 5.91 Å². The molecule has 0 aliphatic heterocycles. The second kappa shape index (κ2) is 6.79. The number of carboxylic acids is 1. The van der Waals surface area contributed by atoms with Gasteiger partial charge in [-0.1, -0.05) is 6.07 Å². The van der Waals surface area contributed by atoms with E-state index in [0.717, 1.165) is 29.0 Å². The number of aliphatic carboxylic acids is 1. The van der Waals surface area contributed by atoms with Gasteiger partial charge in [-0.3, -0.25) is 19.5 Å². The van der Waals surface area contributed by atoms with Gasteiger partial charge in [-0.25, -0.2) is 13.9 Å². The molecule has 0 saturated heterocycles. The molecule has 3 N–H and O–H groups in total. The number of carbonyl (C=O) groups is 2. The van der Waals surface area contributed by atoms with Crippen LogP contribution in [0.15, 0.2) is 35.4 Å². The summed E-state index contributed by atoms with van der Waals surface area (Å²) in [5.74, 6) is -4.00. The molecule has 0 fully saturated rings.